The third kappa shape index (κ3) is 4.33. The highest BCUT2D eigenvalue weighted by molar-refractivity contribution is 5.71. The van der Waals surface area contributed by atoms with Gasteiger partial charge in [0.25, 0.3) is 0 Å². The molecule has 1 atom stereocenters. The van der Waals surface area contributed by atoms with Crippen LogP contribution in [0.5, 0.6) is 5.75 Å². The van der Waals surface area contributed by atoms with Crippen molar-refractivity contribution >= 4 is 6.09 Å². The Morgan fingerprint density at radius 1 is 1.03 bits per heavy atom. The topological polar surface area (TPSA) is 69.5 Å². The van der Waals surface area contributed by atoms with E-state index in [1.165, 1.54) is 19.3 Å². The first-order chi connectivity index (χ1) is 15.7. The van der Waals surface area contributed by atoms with Crippen molar-refractivity contribution in [1.82, 2.24) is 19.9 Å². The number of carbonyl (C=O) groups excluding carboxylic acids is 1. The van der Waals surface area contributed by atoms with E-state index >= 15 is 0 Å². The standard InChI is InChI=1S/C25H28N4O3/c1-28-24(22-17-29(25(30)32-22)16-18-8-4-2-5-9-18)23(26-27-28)19-12-14-21(15-13-19)31-20-10-6-3-7-11-20/h2,4-5,8-9,12-15,20,22H,3,6-7,10-11,16-17H2,1H3. The van der Waals surface area contributed by atoms with Crippen molar-refractivity contribution in [1.29, 1.82) is 0 Å². The Kier molecular flexibility index (Phi) is 5.79. The number of hydrogen-bond acceptors (Lipinski definition) is 5. The number of aromatic nitrogens is 3. The second-order valence-corrected chi connectivity index (χ2v) is 8.59. The van der Waals surface area contributed by atoms with Gasteiger partial charge in [-0.3, -0.25) is 4.90 Å². The molecule has 2 heterocycles. The van der Waals surface area contributed by atoms with Gasteiger partial charge < -0.3 is 9.47 Å². The molecule has 166 valence electrons. The van der Waals surface area contributed by atoms with Crippen LogP contribution in [-0.4, -0.2) is 38.6 Å². The molecule has 1 aromatic heterocycles. The molecule has 0 spiro atoms. The van der Waals surface area contributed by atoms with E-state index in [1.807, 2.05) is 61.6 Å². The minimum absolute atomic E-state index is 0.315. The predicted octanol–water partition coefficient (Wildman–Crippen LogP) is 4.89. The van der Waals surface area contributed by atoms with Crippen LogP contribution < -0.4 is 4.74 Å². The normalized spacial score (nSPS) is 19.2. The van der Waals surface area contributed by atoms with E-state index < -0.39 is 6.10 Å². The smallest absolute Gasteiger partial charge is 0.410 e. The zero-order chi connectivity index (χ0) is 21.9. The lowest BCUT2D eigenvalue weighted by Crippen LogP contribution is -2.23. The van der Waals surface area contributed by atoms with E-state index in [0.717, 1.165) is 41.1 Å². The molecule has 32 heavy (non-hydrogen) atoms. The van der Waals surface area contributed by atoms with Crippen molar-refractivity contribution in [3.8, 4) is 17.0 Å². The SMILES string of the molecule is Cn1nnc(-c2ccc(OC3CCCCC3)cc2)c1C1CN(Cc2ccccc2)C(=O)O1. The Bertz CT molecular complexity index is 1060. The lowest BCUT2D eigenvalue weighted by Gasteiger charge is -2.23. The van der Waals surface area contributed by atoms with Crippen LogP contribution in [0.2, 0.25) is 0 Å². The fraction of sp³-hybridized carbons (Fsp3) is 0.400. The largest absolute Gasteiger partial charge is 0.490 e. The van der Waals surface area contributed by atoms with E-state index in [0.29, 0.717) is 19.2 Å². The third-order valence-electron chi connectivity index (χ3n) is 6.26. The van der Waals surface area contributed by atoms with Crippen molar-refractivity contribution in [3.63, 3.8) is 0 Å². The zero-order valence-corrected chi connectivity index (χ0v) is 18.3. The van der Waals surface area contributed by atoms with E-state index in [-0.39, 0.29) is 6.09 Å². The molecule has 1 unspecified atom stereocenters. The van der Waals surface area contributed by atoms with E-state index in [2.05, 4.69) is 10.3 Å². The van der Waals surface area contributed by atoms with Crippen LogP contribution in [0.3, 0.4) is 0 Å². The molecule has 7 nitrogen and oxygen atoms in total. The fourth-order valence-electron chi connectivity index (χ4n) is 4.58. The first kappa shape index (κ1) is 20.5. The van der Waals surface area contributed by atoms with Crippen molar-refractivity contribution in [2.24, 2.45) is 7.05 Å². The van der Waals surface area contributed by atoms with E-state index in [1.54, 1.807) is 9.58 Å². The Hall–Kier alpha value is -3.35. The summed E-state index contributed by atoms with van der Waals surface area (Å²) in [4.78, 5) is 14.2. The van der Waals surface area contributed by atoms with Crippen molar-refractivity contribution in [3.05, 3.63) is 65.9 Å². The maximum Gasteiger partial charge on any atom is 0.410 e. The molecule has 5 rings (SSSR count). The maximum absolute atomic E-state index is 12.5. The molecule has 1 amide bonds. The molecular weight excluding hydrogens is 404 g/mol. The van der Waals surface area contributed by atoms with E-state index in [9.17, 15) is 4.79 Å². The Labute approximate surface area is 187 Å². The summed E-state index contributed by atoms with van der Waals surface area (Å²) in [7, 11) is 1.83. The number of aryl methyl sites for hydroxylation is 1. The van der Waals surface area contributed by atoms with Gasteiger partial charge >= 0.3 is 6.09 Å². The number of hydrogen-bond donors (Lipinski definition) is 0. The molecule has 1 aliphatic heterocycles. The second-order valence-electron chi connectivity index (χ2n) is 8.59. The van der Waals surface area contributed by atoms with Crippen LogP contribution in [0.4, 0.5) is 4.79 Å². The molecule has 2 fully saturated rings. The Balaban J connectivity index is 1.31. The van der Waals surface area contributed by atoms with Gasteiger partial charge in [0.15, 0.2) is 6.10 Å². The van der Waals surface area contributed by atoms with Crippen LogP contribution in [-0.2, 0) is 18.3 Å². The number of rotatable bonds is 6. The molecule has 0 N–H and O–H groups in total. The molecule has 2 aromatic carbocycles. The number of cyclic esters (lactones) is 1. The summed E-state index contributed by atoms with van der Waals surface area (Å²) in [6.45, 7) is 0.981. The van der Waals surface area contributed by atoms with Crippen LogP contribution >= 0.6 is 0 Å². The molecular formula is C25H28N4O3. The van der Waals surface area contributed by atoms with Gasteiger partial charge in [-0.15, -0.1) is 5.10 Å². The minimum Gasteiger partial charge on any atom is -0.490 e. The van der Waals surface area contributed by atoms with Crippen LogP contribution in [0.25, 0.3) is 11.3 Å². The molecule has 0 radical (unpaired) electrons. The summed E-state index contributed by atoms with van der Waals surface area (Å²) in [5, 5.41) is 8.59. The van der Waals surface area contributed by atoms with Gasteiger partial charge in [0.2, 0.25) is 0 Å². The third-order valence-corrected chi connectivity index (χ3v) is 6.26. The van der Waals surface area contributed by atoms with Gasteiger partial charge in [0.05, 0.1) is 12.6 Å². The van der Waals surface area contributed by atoms with Crippen LogP contribution in [0.15, 0.2) is 54.6 Å². The highest BCUT2D eigenvalue weighted by Gasteiger charge is 2.36. The Morgan fingerprint density at radius 2 is 1.78 bits per heavy atom. The summed E-state index contributed by atoms with van der Waals surface area (Å²) in [6, 6.07) is 17.9. The monoisotopic (exact) mass is 432 g/mol. The summed E-state index contributed by atoms with van der Waals surface area (Å²) < 4.78 is 13.6. The quantitative estimate of drug-likeness (QED) is 0.555. The van der Waals surface area contributed by atoms with Gasteiger partial charge in [0.1, 0.15) is 17.1 Å². The molecule has 2 aliphatic rings. The lowest BCUT2D eigenvalue weighted by atomic mass is 9.98. The first-order valence-corrected chi connectivity index (χ1v) is 11.3. The van der Waals surface area contributed by atoms with E-state index in [4.69, 9.17) is 9.47 Å². The molecule has 3 aromatic rings. The molecule has 1 aliphatic carbocycles. The fourth-order valence-corrected chi connectivity index (χ4v) is 4.58. The zero-order valence-electron chi connectivity index (χ0n) is 18.3. The van der Waals surface area contributed by atoms with Gasteiger partial charge in [-0.05, 0) is 55.5 Å². The number of benzene rings is 2. The van der Waals surface area contributed by atoms with Crippen molar-refractivity contribution < 1.29 is 14.3 Å². The molecule has 7 heteroatoms. The molecule has 1 saturated carbocycles. The number of ether oxygens (including phenoxy) is 2. The summed E-state index contributed by atoms with van der Waals surface area (Å²) in [5.74, 6) is 0.882. The summed E-state index contributed by atoms with van der Waals surface area (Å²) >= 11 is 0. The summed E-state index contributed by atoms with van der Waals surface area (Å²) in [6.07, 6.45) is 5.63. The minimum atomic E-state index is -0.417. The van der Waals surface area contributed by atoms with Gasteiger partial charge in [0, 0.05) is 19.2 Å². The second kappa shape index (κ2) is 9.02. The molecule has 1 saturated heterocycles. The van der Waals surface area contributed by atoms with Crippen molar-refractivity contribution in [2.45, 2.75) is 50.9 Å². The van der Waals surface area contributed by atoms with Gasteiger partial charge in [-0.2, -0.15) is 0 Å². The average Bonchev–Trinajstić information content (AvgIpc) is 3.38. The van der Waals surface area contributed by atoms with Crippen LogP contribution in [0.1, 0.15) is 49.5 Å². The predicted molar refractivity (Wildman–Crippen MR) is 120 cm³/mol. The highest BCUT2D eigenvalue weighted by atomic mass is 16.6. The first-order valence-electron chi connectivity index (χ1n) is 11.3. The lowest BCUT2D eigenvalue weighted by molar-refractivity contribution is 0.129. The maximum atomic E-state index is 12.5. The average molecular weight is 433 g/mol. The van der Waals surface area contributed by atoms with Crippen LogP contribution in [0, 0.1) is 0 Å². The molecule has 0 bridgehead atoms. The Morgan fingerprint density at radius 3 is 2.53 bits per heavy atom. The van der Waals surface area contributed by atoms with Gasteiger partial charge in [-0.1, -0.05) is 42.0 Å². The number of amides is 1. The van der Waals surface area contributed by atoms with Crippen molar-refractivity contribution in [2.75, 3.05) is 6.54 Å². The highest BCUT2D eigenvalue weighted by Crippen LogP contribution is 2.34. The number of carbonyl (C=O) groups is 1. The summed E-state index contributed by atoms with van der Waals surface area (Å²) in [5.41, 5.74) is 3.54. The number of nitrogens with zero attached hydrogens (tertiary/aromatic N) is 4. The van der Waals surface area contributed by atoms with Gasteiger partial charge in [-0.25, -0.2) is 9.48 Å².